The van der Waals surface area contributed by atoms with Crippen molar-refractivity contribution in [2.75, 3.05) is 12.4 Å². The van der Waals surface area contributed by atoms with Crippen LogP contribution in [-0.2, 0) is 14.3 Å². The van der Waals surface area contributed by atoms with Crippen molar-refractivity contribution in [3.05, 3.63) is 0 Å². The van der Waals surface area contributed by atoms with E-state index < -0.39 is 10.1 Å². The normalized spacial score (nSPS) is 10.9. The van der Waals surface area contributed by atoms with Gasteiger partial charge < -0.3 is 1.43 Å². The molecule has 0 unspecified atom stereocenters. The molecule has 13 heavy (non-hydrogen) atoms. The van der Waals surface area contributed by atoms with Gasteiger partial charge in [-0.25, -0.2) is 0 Å². The molecule has 0 aliphatic heterocycles. The quantitative estimate of drug-likeness (QED) is 0.314. The Kier molecular flexibility index (Phi) is 11.9. The van der Waals surface area contributed by atoms with Crippen LogP contribution in [0.5, 0.6) is 0 Å². The Bertz CT molecular complexity index is 195. The number of rotatable bonds is 7. The fourth-order valence-corrected chi connectivity index (χ4v) is 1.98. The molecule has 0 spiro atoms. The number of hydrogen-bond acceptors (Lipinski definition) is 3. The van der Waals surface area contributed by atoms with Gasteiger partial charge in [-0.3, -0.25) is 4.18 Å². The summed E-state index contributed by atoms with van der Waals surface area (Å²) >= 11 is 0. The van der Waals surface area contributed by atoms with Crippen LogP contribution >= 0.6 is 0 Å². The zero-order valence-electron chi connectivity index (χ0n) is 9.88. The number of unbranched alkanes of at least 4 members (excludes halogenated alkanes) is 3. The molecule has 76 valence electrons. The Morgan fingerprint density at radius 1 is 1.15 bits per heavy atom. The van der Waals surface area contributed by atoms with Gasteiger partial charge in [0.25, 0.3) is 10.1 Å². The third-order valence-corrected chi connectivity index (χ3v) is 2.93. The van der Waals surface area contributed by atoms with E-state index in [4.69, 9.17) is 0 Å². The molecule has 0 aromatic heterocycles. The molecule has 0 aromatic rings. The van der Waals surface area contributed by atoms with Crippen molar-refractivity contribution in [1.82, 2.24) is 0 Å². The fraction of sp³-hybridized carbons (Fsp3) is 1.00. The van der Waals surface area contributed by atoms with Crippen molar-refractivity contribution in [2.45, 2.75) is 39.5 Å². The van der Waals surface area contributed by atoms with Crippen LogP contribution in [0.4, 0.5) is 0 Å². The summed E-state index contributed by atoms with van der Waals surface area (Å²) in [6, 6.07) is 0. The second-order valence-electron chi connectivity index (χ2n) is 2.73. The van der Waals surface area contributed by atoms with Gasteiger partial charge in [-0.1, -0.05) is 26.2 Å². The van der Waals surface area contributed by atoms with Crippen LogP contribution < -0.4 is 29.6 Å². The van der Waals surface area contributed by atoms with Gasteiger partial charge in [-0.15, -0.1) is 0 Å². The minimum Gasteiger partial charge on any atom is -1.00 e. The van der Waals surface area contributed by atoms with Crippen LogP contribution in [0.2, 0.25) is 0 Å². The van der Waals surface area contributed by atoms with Gasteiger partial charge in [0, 0.05) is 0 Å². The maximum absolute atomic E-state index is 11.0. The van der Waals surface area contributed by atoms with Crippen LogP contribution in [-0.4, -0.2) is 20.8 Å². The molecule has 0 aliphatic rings. The second kappa shape index (κ2) is 9.46. The molecule has 0 saturated carbocycles. The first-order valence-electron chi connectivity index (χ1n) is 4.49. The predicted octanol–water partition coefficient (Wildman–Crippen LogP) is -0.950. The molecule has 0 aliphatic carbocycles. The Hall–Kier alpha value is 0.910. The van der Waals surface area contributed by atoms with Crippen molar-refractivity contribution < 1.29 is 43.6 Å². The third kappa shape index (κ3) is 10.8. The van der Waals surface area contributed by atoms with Gasteiger partial charge in [0.1, 0.15) is 0 Å². The summed E-state index contributed by atoms with van der Waals surface area (Å²) in [5.74, 6) is 0.167. The zero-order valence-corrected chi connectivity index (χ0v) is 11.7. The molecule has 0 saturated heterocycles. The molecule has 0 N–H and O–H groups in total. The fourth-order valence-electron chi connectivity index (χ4n) is 0.944. The molecule has 0 fully saturated rings. The van der Waals surface area contributed by atoms with E-state index in [0.29, 0.717) is 0 Å². The Morgan fingerprint density at radius 2 is 1.77 bits per heavy atom. The van der Waals surface area contributed by atoms with Crippen molar-refractivity contribution in [3.63, 3.8) is 0 Å². The summed E-state index contributed by atoms with van der Waals surface area (Å²) in [6.45, 7) is 4.02. The van der Waals surface area contributed by atoms with Crippen LogP contribution in [0.15, 0.2) is 0 Å². The summed E-state index contributed by atoms with van der Waals surface area (Å²) in [5.41, 5.74) is 0. The smallest absolute Gasteiger partial charge is 1.00 e. The minimum absolute atomic E-state index is 0. The summed E-state index contributed by atoms with van der Waals surface area (Å²) < 4.78 is 26.5. The summed E-state index contributed by atoms with van der Waals surface area (Å²) in [4.78, 5) is 0. The largest absolute Gasteiger partial charge is 1.00 e. The van der Waals surface area contributed by atoms with Crippen molar-refractivity contribution in [2.24, 2.45) is 0 Å². The number of hydrogen-bond donors (Lipinski definition) is 0. The monoisotopic (exact) mass is 218 g/mol. The molecular formula is C8H19NaO3S. The zero-order chi connectivity index (χ0) is 9.45. The Morgan fingerprint density at radius 3 is 2.23 bits per heavy atom. The van der Waals surface area contributed by atoms with Gasteiger partial charge in [-0.05, 0) is 13.3 Å². The second-order valence-corrected chi connectivity index (χ2v) is 4.49. The standard InChI is InChI=1S/C8H18O3S.Na.H/c1-3-5-6-7-8-12(9,10)11-4-2;;/h3-8H2,1-2H3;;/q;+1;-1. The molecular weight excluding hydrogens is 199 g/mol. The summed E-state index contributed by atoms with van der Waals surface area (Å²) in [7, 11) is -3.21. The van der Waals surface area contributed by atoms with E-state index in [0.717, 1.165) is 25.7 Å². The van der Waals surface area contributed by atoms with Gasteiger partial charge >= 0.3 is 29.6 Å². The topological polar surface area (TPSA) is 43.4 Å². The van der Waals surface area contributed by atoms with Crippen LogP contribution in [0, 0.1) is 0 Å². The van der Waals surface area contributed by atoms with Crippen LogP contribution in [0.25, 0.3) is 0 Å². The molecule has 0 atom stereocenters. The maximum Gasteiger partial charge on any atom is 1.00 e. The van der Waals surface area contributed by atoms with Gasteiger partial charge in [0.15, 0.2) is 0 Å². The predicted molar refractivity (Wildman–Crippen MR) is 50.7 cm³/mol. The molecule has 0 radical (unpaired) electrons. The average Bonchev–Trinajstić information content (AvgIpc) is 1.98. The Balaban J connectivity index is -0.000000605. The molecule has 0 heterocycles. The third-order valence-electron chi connectivity index (χ3n) is 1.55. The first-order chi connectivity index (χ1) is 5.62. The van der Waals surface area contributed by atoms with E-state index >= 15 is 0 Å². The molecule has 0 bridgehead atoms. The van der Waals surface area contributed by atoms with E-state index in [2.05, 4.69) is 11.1 Å². The van der Waals surface area contributed by atoms with E-state index in [-0.39, 0.29) is 43.3 Å². The van der Waals surface area contributed by atoms with Crippen molar-refractivity contribution in [1.29, 1.82) is 0 Å². The SMILES string of the molecule is CCCCCCS(=O)(=O)OCC.[H-].[Na+]. The summed E-state index contributed by atoms with van der Waals surface area (Å²) in [5, 5.41) is 0. The van der Waals surface area contributed by atoms with Crippen LogP contribution in [0.1, 0.15) is 41.0 Å². The first-order valence-corrected chi connectivity index (χ1v) is 6.07. The van der Waals surface area contributed by atoms with Crippen LogP contribution in [0.3, 0.4) is 0 Å². The molecule has 0 rings (SSSR count). The molecule has 0 aromatic carbocycles. The summed E-state index contributed by atoms with van der Waals surface area (Å²) in [6.07, 6.45) is 3.91. The van der Waals surface area contributed by atoms with Gasteiger partial charge in [0.2, 0.25) is 0 Å². The van der Waals surface area contributed by atoms with E-state index in [1.54, 1.807) is 6.92 Å². The molecule has 0 amide bonds. The molecule has 3 nitrogen and oxygen atoms in total. The first kappa shape index (κ1) is 16.3. The minimum atomic E-state index is -3.21. The van der Waals surface area contributed by atoms with Crippen molar-refractivity contribution in [3.8, 4) is 0 Å². The maximum atomic E-state index is 11.0. The van der Waals surface area contributed by atoms with E-state index in [9.17, 15) is 8.42 Å². The van der Waals surface area contributed by atoms with E-state index in [1.165, 1.54) is 0 Å². The average molecular weight is 218 g/mol. The van der Waals surface area contributed by atoms with Crippen molar-refractivity contribution >= 4 is 10.1 Å². The van der Waals surface area contributed by atoms with Gasteiger partial charge in [-0.2, -0.15) is 8.42 Å². The van der Waals surface area contributed by atoms with Gasteiger partial charge in [0.05, 0.1) is 12.4 Å². The molecule has 5 heteroatoms. The Labute approximate surface area is 105 Å². The van der Waals surface area contributed by atoms with E-state index in [1.807, 2.05) is 0 Å².